The van der Waals surface area contributed by atoms with E-state index < -0.39 is 0 Å². The smallest absolute Gasteiger partial charge is 0.282 e. The van der Waals surface area contributed by atoms with Crippen molar-refractivity contribution in [2.45, 2.75) is 33.6 Å². The number of para-hydroxylation sites is 2. The molecule has 0 saturated heterocycles. The molecular weight excluding hydrogens is 396 g/mol. The molecule has 0 unspecified atom stereocenters. The minimum atomic E-state index is -0.255. The van der Waals surface area contributed by atoms with Gasteiger partial charge < -0.3 is 4.90 Å². The first kappa shape index (κ1) is 20.3. The molecule has 5 rings (SSSR count). The molecule has 0 aromatic heterocycles. The molecule has 0 fully saturated rings. The van der Waals surface area contributed by atoms with Crippen LogP contribution in [0.2, 0.25) is 0 Å². The van der Waals surface area contributed by atoms with Gasteiger partial charge in [0.15, 0.2) is 0 Å². The number of carbonyl (C=O) groups excluding carboxylic acids is 2. The van der Waals surface area contributed by atoms with Crippen LogP contribution < -0.4 is 9.80 Å². The normalized spacial score (nSPS) is 16.1. The standard InChI is InChI=1S/C28H26N2O2/c1-18-14-15-22(20(3)17-18)25-26(29-16-8-11-21-10-5-7-13-24(21)29)28(32)30(27(25)31)23-12-6-4-9-19(23)2/h4-7,9-10,12-15,17H,8,11,16H2,1-3H3. The Bertz CT molecular complexity index is 1290. The maximum absolute atomic E-state index is 13.9. The zero-order chi connectivity index (χ0) is 22.4. The highest BCUT2D eigenvalue weighted by Gasteiger charge is 2.44. The van der Waals surface area contributed by atoms with Gasteiger partial charge in [-0.1, -0.05) is 60.2 Å². The van der Waals surface area contributed by atoms with Crippen molar-refractivity contribution in [2.24, 2.45) is 0 Å². The highest BCUT2D eigenvalue weighted by atomic mass is 16.2. The average Bonchev–Trinajstić information content (AvgIpc) is 3.03. The molecular formula is C28H26N2O2. The zero-order valence-corrected chi connectivity index (χ0v) is 18.7. The lowest BCUT2D eigenvalue weighted by Crippen LogP contribution is -2.37. The van der Waals surface area contributed by atoms with Crippen LogP contribution in [0.4, 0.5) is 11.4 Å². The third-order valence-electron chi connectivity index (χ3n) is 6.45. The van der Waals surface area contributed by atoms with Gasteiger partial charge in [0, 0.05) is 12.2 Å². The second kappa shape index (κ2) is 7.79. The number of anilines is 2. The minimum absolute atomic E-state index is 0.254. The molecule has 4 nitrogen and oxygen atoms in total. The molecule has 160 valence electrons. The number of rotatable bonds is 3. The fourth-order valence-electron chi connectivity index (χ4n) is 4.90. The second-order valence-corrected chi connectivity index (χ2v) is 8.66. The summed E-state index contributed by atoms with van der Waals surface area (Å²) >= 11 is 0. The van der Waals surface area contributed by atoms with Gasteiger partial charge >= 0.3 is 0 Å². The van der Waals surface area contributed by atoms with E-state index in [9.17, 15) is 9.59 Å². The zero-order valence-electron chi connectivity index (χ0n) is 18.7. The molecule has 2 heterocycles. The molecule has 32 heavy (non-hydrogen) atoms. The van der Waals surface area contributed by atoms with Crippen LogP contribution in [0.25, 0.3) is 5.57 Å². The van der Waals surface area contributed by atoms with E-state index in [0.29, 0.717) is 23.5 Å². The van der Waals surface area contributed by atoms with Gasteiger partial charge in [0.2, 0.25) is 0 Å². The Morgan fingerprint density at radius 3 is 2.22 bits per heavy atom. The fourth-order valence-corrected chi connectivity index (χ4v) is 4.90. The fraction of sp³-hybridized carbons (Fsp3) is 0.214. The number of hydrogen-bond donors (Lipinski definition) is 0. The van der Waals surface area contributed by atoms with Crippen molar-refractivity contribution < 1.29 is 9.59 Å². The molecule has 4 heteroatoms. The summed E-state index contributed by atoms with van der Waals surface area (Å²) in [5.74, 6) is -0.509. The van der Waals surface area contributed by atoms with E-state index in [1.165, 1.54) is 10.5 Å². The predicted octanol–water partition coefficient (Wildman–Crippen LogP) is 5.35. The van der Waals surface area contributed by atoms with Gasteiger partial charge in [-0.3, -0.25) is 9.59 Å². The van der Waals surface area contributed by atoms with Crippen molar-refractivity contribution in [3.8, 4) is 0 Å². The number of nitrogens with zero attached hydrogens (tertiary/aromatic N) is 2. The molecule has 0 spiro atoms. The third-order valence-corrected chi connectivity index (χ3v) is 6.45. The Hall–Kier alpha value is -3.66. The van der Waals surface area contributed by atoms with Gasteiger partial charge in [-0.2, -0.15) is 0 Å². The van der Waals surface area contributed by atoms with Crippen LogP contribution in [0, 0.1) is 20.8 Å². The van der Waals surface area contributed by atoms with Crippen molar-refractivity contribution in [1.29, 1.82) is 0 Å². The van der Waals surface area contributed by atoms with Crippen LogP contribution in [0.3, 0.4) is 0 Å². The summed E-state index contributed by atoms with van der Waals surface area (Å²) in [6.45, 7) is 6.68. The summed E-state index contributed by atoms with van der Waals surface area (Å²) in [5, 5.41) is 0. The van der Waals surface area contributed by atoms with Crippen LogP contribution in [0.1, 0.15) is 34.2 Å². The summed E-state index contributed by atoms with van der Waals surface area (Å²) in [5.41, 5.74) is 7.69. The van der Waals surface area contributed by atoms with Gasteiger partial charge in [-0.25, -0.2) is 4.90 Å². The molecule has 2 amide bonds. The molecule has 0 N–H and O–H groups in total. The van der Waals surface area contributed by atoms with E-state index in [-0.39, 0.29) is 11.8 Å². The molecule has 0 bridgehead atoms. The van der Waals surface area contributed by atoms with Crippen molar-refractivity contribution in [1.82, 2.24) is 0 Å². The van der Waals surface area contributed by atoms with Gasteiger partial charge in [0.05, 0.1) is 11.3 Å². The highest BCUT2D eigenvalue weighted by molar-refractivity contribution is 6.46. The van der Waals surface area contributed by atoms with Crippen molar-refractivity contribution >= 4 is 28.8 Å². The van der Waals surface area contributed by atoms with Crippen LogP contribution >= 0.6 is 0 Å². The number of imide groups is 1. The quantitative estimate of drug-likeness (QED) is 0.534. The second-order valence-electron chi connectivity index (χ2n) is 8.66. The number of fused-ring (bicyclic) bond motifs is 1. The van der Waals surface area contributed by atoms with Crippen LogP contribution in [0.5, 0.6) is 0 Å². The average molecular weight is 423 g/mol. The van der Waals surface area contributed by atoms with Gasteiger partial charge in [-0.05, 0) is 68.0 Å². The number of aryl methyl sites for hydroxylation is 4. The van der Waals surface area contributed by atoms with Gasteiger partial charge in [0.25, 0.3) is 11.8 Å². The number of carbonyl (C=O) groups is 2. The molecule has 2 aliphatic heterocycles. The lowest BCUT2D eigenvalue weighted by molar-refractivity contribution is -0.120. The number of benzene rings is 3. The molecule has 0 aliphatic carbocycles. The molecule has 0 radical (unpaired) electrons. The number of hydrogen-bond acceptors (Lipinski definition) is 3. The maximum Gasteiger partial charge on any atom is 0.282 e. The van der Waals surface area contributed by atoms with Crippen LogP contribution in [-0.2, 0) is 16.0 Å². The Morgan fingerprint density at radius 2 is 1.47 bits per heavy atom. The summed E-state index contributed by atoms with van der Waals surface area (Å²) < 4.78 is 0. The largest absolute Gasteiger partial charge is 0.336 e. The third kappa shape index (κ3) is 3.14. The molecule has 0 saturated carbocycles. The lowest BCUT2D eigenvalue weighted by atomic mass is 9.95. The Kier molecular flexibility index (Phi) is 4.93. The summed E-state index contributed by atoms with van der Waals surface area (Å²) in [6.07, 6.45) is 1.91. The molecule has 3 aromatic rings. The van der Waals surface area contributed by atoms with Crippen molar-refractivity contribution in [2.75, 3.05) is 16.3 Å². The Labute approximate surface area is 188 Å². The summed E-state index contributed by atoms with van der Waals surface area (Å²) in [7, 11) is 0. The predicted molar refractivity (Wildman–Crippen MR) is 129 cm³/mol. The summed E-state index contributed by atoms with van der Waals surface area (Å²) in [4.78, 5) is 31.3. The summed E-state index contributed by atoms with van der Waals surface area (Å²) in [6, 6.07) is 21.8. The Balaban J connectivity index is 1.75. The minimum Gasteiger partial charge on any atom is -0.336 e. The Morgan fingerprint density at radius 1 is 0.750 bits per heavy atom. The van der Waals surface area contributed by atoms with Gasteiger partial charge in [0.1, 0.15) is 5.70 Å². The highest BCUT2D eigenvalue weighted by Crippen LogP contribution is 2.40. The monoisotopic (exact) mass is 422 g/mol. The van der Waals surface area contributed by atoms with Crippen molar-refractivity contribution in [3.63, 3.8) is 0 Å². The SMILES string of the molecule is Cc1ccc(C2=C(N3CCCc4ccccc43)C(=O)N(c3ccccc3C)C2=O)c(C)c1. The van der Waals surface area contributed by atoms with E-state index in [4.69, 9.17) is 0 Å². The lowest BCUT2D eigenvalue weighted by Gasteiger charge is -2.32. The first-order valence-corrected chi connectivity index (χ1v) is 11.1. The molecule has 3 aromatic carbocycles. The van der Waals surface area contributed by atoms with Crippen LogP contribution in [-0.4, -0.2) is 18.4 Å². The molecule has 2 aliphatic rings. The maximum atomic E-state index is 13.9. The molecule has 0 atom stereocenters. The van der Waals surface area contributed by atoms with Crippen LogP contribution in [0.15, 0.2) is 72.4 Å². The van der Waals surface area contributed by atoms with E-state index in [2.05, 4.69) is 23.1 Å². The number of amides is 2. The van der Waals surface area contributed by atoms with E-state index in [1.54, 1.807) is 0 Å². The van der Waals surface area contributed by atoms with Gasteiger partial charge in [-0.15, -0.1) is 0 Å². The van der Waals surface area contributed by atoms with E-state index in [1.807, 2.05) is 69.3 Å². The van der Waals surface area contributed by atoms with E-state index in [0.717, 1.165) is 40.8 Å². The first-order chi connectivity index (χ1) is 15.5. The first-order valence-electron chi connectivity index (χ1n) is 11.1. The van der Waals surface area contributed by atoms with E-state index >= 15 is 0 Å². The van der Waals surface area contributed by atoms with Crippen molar-refractivity contribution in [3.05, 3.63) is 100 Å². The topological polar surface area (TPSA) is 40.6 Å².